The molecule has 0 aliphatic heterocycles. The number of benzene rings is 1. The van der Waals surface area contributed by atoms with Crippen molar-refractivity contribution in [3.05, 3.63) is 30.3 Å². The minimum atomic E-state index is -0.852. The average Bonchev–Trinajstić information content (AvgIpc) is 2.92. The zero-order valence-corrected chi connectivity index (χ0v) is 12.1. The molecular formula is C14H17N3O2S. The fraction of sp³-hybridized carbons (Fsp3) is 0.357. The number of rotatable bonds is 7. The molecule has 0 saturated carbocycles. The Labute approximate surface area is 121 Å². The Balaban J connectivity index is 2.06. The molecule has 0 bridgehead atoms. The van der Waals surface area contributed by atoms with Crippen LogP contribution >= 0.6 is 11.3 Å². The van der Waals surface area contributed by atoms with Gasteiger partial charge in [0, 0.05) is 5.56 Å². The Morgan fingerprint density at radius 2 is 2.10 bits per heavy atom. The first-order chi connectivity index (χ1) is 9.70. The van der Waals surface area contributed by atoms with Crippen LogP contribution in [0.15, 0.2) is 30.3 Å². The van der Waals surface area contributed by atoms with Crippen molar-refractivity contribution in [2.75, 3.05) is 5.32 Å². The number of aromatic nitrogens is 2. The molecule has 0 radical (unpaired) electrons. The van der Waals surface area contributed by atoms with Gasteiger partial charge in [0.1, 0.15) is 11.0 Å². The molecule has 2 aromatic rings. The minimum absolute atomic E-state index is 0.548. The van der Waals surface area contributed by atoms with Gasteiger partial charge in [-0.3, -0.25) is 0 Å². The molecule has 2 rings (SSSR count). The summed E-state index contributed by atoms with van der Waals surface area (Å²) in [5, 5.41) is 21.6. The average molecular weight is 291 g/mol. The molecule has 1 aromatic heterocycles. The fourth-order valence-corrected chi connectivity index (χ4v) is 2.60. The van der Waals surface area contributed by atoms with Crippen molar-refractivity contribution in [2.45, 2.75) is 32.2 Å². The molecule has 0 aliphatic carbocycles. The normalized spacial score (nSPS) is 12.1. The Morgan fingerprint density at radius 3 is 2.75 bits per heavy atom. The Hall–Kier alpha value is -1.95. The highest BCUT2D eigenvalue weighted by atomic mass is 32.1. The van der Waals surface area contributed by atoms with E-state index in [1.807, 2.05) is 37.3 Å². The molecule has 1 aromatic carbocycles. The van der Waals surface area contributed by atoms with E-state index in [2.05, 4.69) is 15.5 Å². The molecular weight excluding hydrogens is 274 g/mol. The maximum Gasteiger partial charge on any atom is 0.326 e. The Bertz CT molecular complexity index is 557. The molecule has 0 unspecified atom stereocenters. The van der Waals surface area contributed by atoms with Gasteiger partial charge in [0.05, 0.1) is 0 Å². The molecule has 1 heterocycles. The van der Waals surface area contributed by atoms with Crippen molar-refractivity contribution >= 4 is 22.4 Å². The van der Waals surface area contributed by atoms with E-state index in [4.69, 9.17) is 0 Å². The van der Waals surface area contributed by atoms with Gasteiger partial charge >= 0.3 is 5.97 Å². The summed E-state index contributed by atoms with van der Waals surface area (Å²) in [5.41, 5.74) is 0.985. The van der Waals surface area contributed by atoms with Crippen LogP contribution in [0, 0.1) is 0 Å². The van der Waals surface area contributed by atoms with Gasteiger partial charge in [0.25, 0.3) is 0 Å². The summed E-state index contributed by atoms with van der Waals surface area (Å²) in [7, 11) is 0. The van der Waals surface area contributed by atoms with E-state index in [0.29, 0.717) is 11.6 Å². The fourth-order valence-electron chi connectivity index (χ4n) is 1.79. The van der Waals surface area contributed by atoms with E-state index in [-0.39, 0.29) is 0 Å². The summed E-state index contributed by atoms with van der Waals surface area (Å²) < 4.78 is 0. The number of carboxylic acids is 1. The third kappa shape index (κ3) is 3.77. The van der Waals surface area contributed by atoms with Crippen molar-refractivity contribution in [2.24, 2.45) is 0 Å². The molecule has 5 nitrogen and oxygen atoms in total. The SMILES string of the molecule is CCCC[C@H](Nc1nnc(-c2ccccc2)s1)C(=O)O. The number of carbonyl (C=O) groups is 1. The molecule has 1 atom stereocenters. The number of anilines is 1. The highest BCUT2D eigenvalue weighted by Crippen LogP contribution is 2.26. The predicted octanol–water partition coefficient (Wildman–Crippen LogP) is 3.26. The second-order valence-corrected chi connectivity index (χ2v) is 5.43. The Kier molecular flexibility index (Phi) is 5.06. The van der Waals surface area contributed by atoms with Crippen LogP contribution in [0.5, 0.6) is 0 Å². The van der Waals surface area contributed by atoms with Crippen molar-refractivity contribution in [1.82, 2.24) is 10.2 Å². The van der Waals surface area contributed by atoms with E-state index in [1.165, 1.54) is 11.3 Å². The monoisotopic (exact) mass is 291 g/mol. The highest BCUT2D eigenvalue weighted by molar-refractivity contribution is 7.18. The van der Waals surface area contributed by atoms with Crippen LogP contribution < -0.4 is 5.32 Å². The van der Waals surface area contributed by atoms with Gasteiger partial charge in [0.2, 0.25) is 5.13 Å². The smallest absolute Gasteiger partial charge is 0.326 e. The number of hydrogen-bond acceptors (Lipinski definition) is 5. The first-order valence-corrected chi connectivity index (χ1v) is 7.40. The van der Waals surface area contributed by atoms with Crippen LogP contribution in [0.3, 0.4) is 0 Å². The molecule has 0 aliphatic rings. The van der Waals surface area contributed by atoms with Gasteiger partial charge in [-0.15, -0.1) is 10.2 Å². The quantitative estimate of drug-likeness (QED) is 0.819. The minimum Gasteiger partial charge on any atom is -0.480 e. The summed E-state index contributed by atoms with van der Waals surface area (Å²) in [6.07, 6.45) is 2.43. The molecule has 0 amide bonds. The molecule has 0 spiro atoms. The third-order valence-corrected chi connectivity index (χ3v) is 3.79. The number of nitrogens with zero attached hydrogens (tertiary/aromatic N) is 2. The number of hydrogen-bond donors (Lipinski definition) is 2. The van der Waals surface area contributed by atoms with Crippen molar-refractivity contribution < 1.29 is 9.90 Å². The van der Waals surface area contributed by atoms with Crippen LogP contribution in [0.2, 0.25) is 0 Å². The molecule has 0 fully saturated rings. The van der Waals surface area contributed by atoms with E-state index in [1.54, 1.807) is 0 Å². The van der Waals surface area contributed by atoms with Crippen molar-refractivity contribution in [3.8, 4) is 10.6 Å². The van der Waals surface area contributed by atoms with Gasteiger partial charge in [-0.05, 0) is 6.42 Å². The lowest BCUT2D eigenvalue weighted by Gasteiger charge is -2.12. The van der Waals surface area contributed by atoms with Gasteiger partial charge in [-0.2, -0.15) is 0 Å². The third-order valence-electron chi connectivity index (χ3n) is 2.89. The number of unbranched alkanes of at least 4 members (excludes halogenated alkanes) is 1. The maximum absolute atomic E-state index is 11.2. The van der Waals surface area contributed by atoms with Crippen LogP contribution in [-0.4, -0.2) is 27.3 Å². The number of carboxylic acid groups (broad SMARTS) is 1. The second kappa shape index (κ2) is 7.00. The van der Waals surface area contributed by atoms with Gasteiger partial charge < -0.3 is 10.4 Å². The topological polar surface area (TPSA) is 75.1 Å². The zero-order valence-electron chi connectivity index (χ0n) is 11.2. The van der Waals surface area contributed by atoms with Gasteiger partial charge in [-0.25, -0.2) is 4.79 Å². The van der Waals surface area contributed by atoms with Gasteiger partial charge in [0.15, 0.2) is 0 Å². The lowest BCUT2D eigenvalue weighted by atomic mass is 10.1. The van der Waals surface area contributed by atoms with Gasteiger partial charge in [-0.1, -0.05) is 61.4 Å². The van der Waals surface area contributed by atoms with E-state index in [9.17, 15) is 9.90 Å². The lowest BCUT2D eigenvalue weighted by Crippen LogP contribution is -2.29. The molecule has 2 N–H and O–H groups in total. The number of aliphatic carboxylic acids is 1. The summed E-state index contributed by atoms with van der Waals surface area (Å²) in [6.45, 7) is 2.04. The van der Waals surface area contributed by atoms with Crippen molar-refractivity contribution in [3.63, 3.8) is 0 Å². The van der Waals surface area contributed by atoms with E-state index in [0.717, 1.165) is 23.4 Å². The van der Waals surface area contributed by atoms with Crippen LogP contribution in [0.4, 0.5) is 5.13 Å². The predicted molar refractivity (Wildman–Crippen MR) is 79.9 cm³/mol. The van der Waals surface area contributed by atoms with Crippen LogP contribution in [0.1, 0.15) is 26.2 Å². The standard InChI is InChI=1S/C14H17N3O2S/c1-2-3-9-11(13(18)19)15-14-17-16-12(20-14)10-7-5-4-6-8-10/h4-8,11H,2-3,9H2,1H3,(H,15,17)(H,18,19)/t11-/m0/s1. The first kappa shape index (κ1) is 14.5. The Morgan fingerprint density at radius 1 is 1.35 bits per heavy atom. The van der Waals surface area contributed by atoms with Crippen LogP contribution in [0.25, 0.3) is 10.6 Å². The summed E-state index contributed by atoms with van der Waals surface area (Å²) in [6, 6.07) is 9.11. The maximum atomic E-state index is 11.2. The number of nitrogens with one attached hydrogen (secondary N) is 1. The van der Waals surface area contributed by atoms with E-state index >= 15 is 0 Å². The first-order valence-electron chi connectivity index (χ1n) is 6.59. The highest BCUT2D eigenvalue weighted by Gasteiger charge is 2.18. The lowest BCUT2D eigenvalue weighted by molar-refractivity contribution is -0.138. The molecule has 20 heavy (non-hydrogen) atoms. The van der Waals surface area contributed by atoms with E-state index < -0.39 is 12.0 Å². The largest absolute Gasteiger partial charge is 0.480 e. The molecule has 106 valence electrons. The second-order valence-electron chi connectivity index (χ2n) is 4.46. The molecule has 0 saturated heterocycles. The zero-order chi connectivity index (χ0) is 14.4. The summed E-state index contributed by atoms with van der Waals surface area (Å²) in [5.74, 6) is -0.852. The summed E-state index contributed by atoms with van der Waals surface area (Å²) >= 11 is 1.37. The van der Waals surface area contributed by atoms with Crippen LogP contribution in [-0.2, 0) is 4.79 Å². The molecule has 6 heteroatoms. The van der Waals surface area contributed by atoms with Crippen molar-refractivity contribution in [1.29, 1.82) is 0 Å². The summed E-state index contributed by atoms with van der Waals surface area (Å²) in [4.78, 5) is 11.2.